The molecule has 182 valence electrons. The standard InChI is InChI=1S/C24H16Cl5FN2O3/c1-35-19-10-15(3-5-18(19)30)31-22(33)16-9-14(2-4-17(16)27)32-23(34)21-20(24(21,28)29)11-6-12(25)8-13(26)7-11/h2-10,20-21H,1H3,(H,31,33)(H,32,34)/t20-,21?/m1/s1. The highest BCUT2D eigenvalue weighted by molar-refractivity contribution is 6.53. The predicted octanol–water partition coefficient (Wildman–Crippen LogP) is 7.57. The van der Waals surface area contributed by atoms with Gasteiger partial charge in [0, 0.05) is 33.4 Å². The molecule has 1 aliphatic rings. The highest BCUT2D eigenvalue weighted by atomic mass is 35.5. The Hall–Kier alpha value is -2.22. The molecule has 0 bridgehead atoms. The van der Waals surface area contributed by atoms with Crippen molar-refractivity contribution in [2.75, 3.05) is 17.7 Å². The number of methoxy groups -OCH3 is 1. The molecule has 1 saturated carbocycles. The van der Waals surface area contributed by atoms with Crippen LogP contribution in [0.5, 0.6) is 5.75 Å². The Labute approximate surface area is 225 Å². The summed E-state index contributed by atoms with van der Waals surface area (Å²) in [4.78, 5) is 25.8. The molecule has 2 amide bonds. The van der Waals surface area contributed by atoms with Gasteiger partial charge < -0.3 is 15.4 Å². The third-order valence-electron chi connectivity index (χ3n) is 5.47. The summed E-state index contributed by atoms with van der Waals surface area (Å²) in [7, 11) is 1.31. The number of benzene rings is 3. The number of alkyl halides is 2. The predicted molar refractivity (Wildman–Crippen MR) is 138 cm³/mol. The van der Waals surface area contributed by atoms with Crippen LogP contribution in [-0.4, -0.2) is 23.3 Å². The molecule has 5 nitrogen and oxygen atoms in total. The van der Waals surface area contributed by atoms with Crippen LogP contribution in [0.4, 0.5) is 15.8 Å². The fourth-order valence-electron chi connectivity index (χ4n) is 3.76. The molecule has 3 aromatic rings. The van der Waals surface area contributed by atoms with Gasteiger partial charge in [-0.3, -0.25) is 9.59 Å². The zero-order chi connectivity index (χ0) is 25.5. The summed E-state index contributed by atoms with van der Waals surface area (Å²) in [6.45, 7) is 0. The van der Waals surface area contributed by atoms with Crippen molar-refractivity contribution in [1.29, 1.82) is 0 Å². The lowest BCUT2D eigenvalue weighted by Crippen LogP contribution is -2.18. The van der Waals surface area contributed by atoms with E-state index in [0.717, 1.165) is 6.07 Å². The van der Waals surface area contributed by atoms with Crippen molar-refractivity contribution >= 4 is 81.2 Å². The number of nitrogens with one attached hydrogen (secondary N) is 2. The second-order valence-corrected chi connectivity index (χ2v) is 10.5. The molecular formula is C24H16Cl5FN2O3. The molecule has 1 aliphatic carbocycles. The largest absolute Gasteiger partial charge is 0.494 e. The number of ether oxygens (including phenoxy) is 1. The Balaban J connectivity index is 1.51. The summed E-state index contributed by atoms with van der Waals surface area (Å²) in [5, 5.41) is 6.28. The van der Waals surface area contributed by atoms with E-state index in [4.69, 9.17) is 62.7 Å². The number of halogens is 6. The number of hydrogen-bond acceptors (Lipinski definition) is 3. The second-order valence-electron chi connectivity index (χ2n) is 7.82. The van der Waals surface area contributed by atoms with E-state index in [1.807, 2.05) is 0 Å². The average Bonchev–Trinajstić information content (AvgIpc) is 3.37. The van der Waals surface area contributed by atoms with E-state index in [-0.39, 0.29) is 16.3 Å². The first-order valence-electron chi connectivity index (χ1n) is 10.1. The van der Waals surface area contributed by atoms with E-state index in [2.05, 4.69) is 10.6 Å². The number of carbonyl (C=O) groups excluding carboxylic acids is 2. The van der Waals surface area contributed by atoms with Gasteiger partial charge in [-0.1, -0.05) is 34.8 Å². The van der Waals surface area contributed by atoms with Crippen LogP contribution < -0.4 is 15.4 Å². The molecule has 0 saturated heterocycles. The first kappa shape index (κ1) is 25.9. The Morgan fingerprint density at radius 2 is 1.54 bits per heavy atom. The topological polar surface area (TPSA) is 67.4 Å². The molecule has 35 heavy (non-hydrogen) atoms. The number of carbonyl (C=O) groups is 2. The van der Waals surface area contributed by atoms with E-state index >= 15 is 0 Å². The van der Waals surface area contributed by atoms with Gasteiger partial charge in [0.25, 0.3) is 5.91 Å². The second kappa shape index (κ2) is 10.0. The number of amides is 2. The molecule has 1 unspecified atom stereocenters. The number of hydrogen-bond donors (Lipinski definition) is 2. The molecule has 0 aromatic heterocycles. The Bertz CT molecular complexity index is 1310. The van der Waals surface area contributed by atoms with Crippen LogP contribution in [0.2, 0.25) is 15.1 Å². The molecular weight excluding hydrogens is 561 g/mol. The number of anilines is 2. The summed E-state index contributed by atoms with van der Waals surface area (Å²) in [6.07, 6.45) is 0. The summed E-state index contributed by atoms with van der Waals surface area (Å²) < 4.78 is 17.2. The van der Waals surface area contributed by atoms with Crippen LogP contribution in [0.3, 0.4) is 0 Å². The fraction of sp³-hybridized carbons (Fsp3) is 0.167. The molecule has 3 aromatic carbocycles. The molecule has 0 radical (unpaired) electrons. The van der Waals surface area contributed by atoms with E-state index in [1.165, 1.54) is 37.4 Å². The SMILES string of the molecule is COc1cc(NC(=O)c2cc(NC(=O)C3[C@@H](c4cc(Cl)cc(Cl)c4)C3(Cl)Cl)ccc2Cl)ccc1F. The van der Waals surface area contributed by atoms with Crippen LogP contribution in [0.15, 0.2) is 54.6 Å². The van der Waals surface area contributed by atoms with Gasteiger partial charge in [0.05, 0.1) is 23.6 Å². The molecule has 2 atom stereocenters. The first-order valence-corrected chi connectivity index (χ1v) is 12.0. The molecule has 0 spiro atoms. The maximum absolute atomic E-state index is 13.6. The van der Waals surface area contributed by atoms with Gasteiger partial charge in [-0.15, -0.1) is 23.2 Å². The van der Waals surface area contributed by atoms with Gasteiger partial charge in [-0.25, -0.2) is 4.39 Å². The summed E-state index contributed by atoms with van der Waals surface area (Å²) >= 11 is 31.2. The maximum atomic E-state index is 13.6. The van der Waals surface area contributed by atoms with Crippen LogP contribution >= 0.6 is 58.0 Å². The summed E-state index contributed by atoms with van der Waals surface area (Å²) in [5.41, 5.74) is 1.33. The highest BCUT2D eigenvalue weighted by Crippen LogP contribution is 2.65. The zero-order valence-corrected chi connectivity index (χ0v) is 21.6. The van der Waals surface area contributed by atoms with Crippen molar-refractivity contribution in [3.05, 3.63) is 86.6 Å². The van der Waals surface area contributed by atoms with Gasteiger partial charge in [-0.2, -0.15) is 0 Å². The Morgan fingerprint density at radius 3 is 2.20 bits per heavy atom. The van der Waals surface area contributed by atoms with Crippen LogP contribution in [0, 0.1) is 11.7 Å². The fourth-order valence-corrected chi connectivity index (χ4v) is 5.33. The van der Waals surface area contributed by atoms with Crippen molar-refractivity contribution in [3.8, 4) is 5.75 Å². The van der Waals surface area contributed by atoms with E-state index < -0.39 is 33.8 Å². The lowest BCUT2D eigenvalue weighted by atomic mass is 10.1. The molecule has 4 rings (SSSR count). The lowest BCUT2D eigenvalue weighted by molar-refractivity contribution is -0.117. The number of rotatable bonds is 6. The van der Waals surface area contributed by atoms with Crippen molar-refractivity contribution in [1.82, 2.24) is 0 Å². The lowest BCUT2D eigenvalue weighted by Gasteiger charge is -2.11. The summed E-state index contributed by atoms with van der Waals surface area (Å²) in [5.74, 6) is -2.91. The Morgan fingerprint density at radius 1 is 0.914 bits per heavy atom. The van der Waals surface area contributed by atoms with Crippen LogP contribution in [-0.2, 0) is 4.79 Å². The van der Waals surface area contributed by atoms with Gasteiger partial charge in [0.1, 0.15) is 4.33 Å². The average molecular weight is 577 g/mol. The van der Waals surface area contributed by atoms with Crippen LogP contribution in [0.1, 0.15) is 21.8 Å². The van der Waals surface area contributed by atoms with Gasteiger partial charge in [-0.05, 0) is 54.1 Å². The van der Waals surface area contributed by atoms with Crippen molar-refractivity contribution < 1.29 is 18.7 Å². The van der Waals surface area contributed by atoms with E-state index in [9.17, 15) is 14.0 Å². The van der Waals surface area contributed by atoms with Gasteiger partial charge in [0.15, 0.2) is 11.6 Å². The molecule has 0 aliphatic heterocycles. The van der Waals surface area contributed by atoms with Gasteiger partial charge >= 0.3 is 0 Å². The van der Waals surface area contributed by atoms with E-state index in [0.29, 0.717) is 27.0 Å². The zero-order valence-electron chi connectivity index (χ0n) is 17.8. The van der Waals surface area contributed by atoms with Crippen molar-refractivity contribution in [2.45, 2.75) is 10.3 Å². The van der Waals surface area contributed by atoms with Crippen molar-refractivity contribution in [2.24, 2.45) is 5.92 Å². The third kappa shape index (κ3) is 5.47. The summed E-state index contributed by atoms with van der Waals surface area (Å²) in [6, 6.07) is 13.2. The maximum Gasteiger partial charge on any atom is 0.257 e. The third-order valence-corrected chi connectivity index (χ3v) is 7.17. The molecule has 2 N–H and O–H groups in total. The Kier molecular flexibility index (Phi) is 7.41. The smallest absolute Gasteiger partial charge is 0.257 e. The normalized spacial score (nSPS) is 18.0. The monoisotopic (exact) mass is 574 g/mol. The van der Waals surface area contributed by atoms with Crippen LogP contribution in [0.25, 0.3) is 0 Å². The van der Waals surface area contributed by atoms with Gasteiger partial charge in [0.2, 0.25) is 5.91 Å². The molecule has 0 heterocycles. The molecule has 11 heteroatoms. The quantitative estimate of drug-likeness (QED) is 0.298. The first-order chi connectivity index (χ1) is 16.5. The van der Waals surface area contributed by atoms with Crippen molar-refractivity contribution in [3.63, 3.8) is 0 Å². The van der Waals surface area contributed by atoms with E-state index in [1.54, 1.807) is 18.2 Å². The minimum absolute atomic E-state index is 0.0273. The minimum atomic E-state index is -1.35. The highest BCUT2D eigenvalue weighted by Gasteiger charge is 2.67. The minimum Gasteiger partial charge on any atom is -0.494 e. The molecule has 1 fully saturated rings.